The van der Waals surface area contributed by atoms with Crippen molar-refractivity contribution < 1.29 is 9.84 Å². The minimum absolute atomic E-state index is 0.0450. The number of aliphatic hydroxyl groups is 1. The number of nitrogens with one attached hydrogen (secondary N) is 1. The molecule has 0 bridgehead atoms. The van der Waals surface area contributed by atoms with Gasteiger partial charge < -0.3 is 15.2 Å². The van der Waals surface area contributed by atoms with Gasteiger partial charge in [-0.15, -0.1) is 5.10 Å². The first-order valence-corrected chi connectivity index (χ1v) is 9.00. The van der Waals surface area contributed by atoms with Crippen LogP contribution in [0.5, 0.6) is 5.75 Å². The van der Waals surface area contributed by atoms with Gasteiger partial charge in [-0.1, -0.05) is 47.7 Å². The lowest BCUT2D eigenvalue weighted by molar-refractivity contribution is 0.282. The van der Waals surface area contributed by atoms with Gasteiger partial charge in [-0.3, -0.25) is 0 Å². The number of hydrogen-bond acceptors (Lipinski definition) is 6. The van der Waals surface area contributed by atoms with E-state index in [0.717, 1.165) is 38.2 Å². The molecule has 0 aliphatic carbocycles. The van der Waals surface area contributed by atoms with Crippen molar-refractivity contribution in [2.24, 2.45) is 0 Å². The van der Waals surface area contributed by atoms with Gasteiger partial charge >= 0.3 is 0 Å². The van der Waals surface area contributed by atoms with Crippen LogP contribution in [0, 0.1) is 0 Å². The molecule has 0 fully saturated rings. The molecular formula is C19H18N4O2S. The summed E-state index contributed by atoms with van der Waals surface area (Å²) in [5, 5.41) is 17.8. The molecule has 26 heavy (non-hydrogen) atoms. The van der Waals surface area contributed by atoms with Crippen LogP contribution in [-0.2, 0) is 13.2 Å². The summed E-state index contributed by atoms with van der Waals surface area (Å²) in [6.45, 7) is 0.736. The van der Waals surface area contributed by atoms with E-state index in [4.69, 9.17) is 9.84 Å². The molecule has 7 heteroatoms. The molecule has 0 radical (unpaired) electrons. The van der Waals surface area contributed by atoms with Gasteiger partial charge in [0.05, 0.1) is 25.6 Å². The molecule has 0 spiro atoms. The monoisotopic (exact) mass is 366 g/mol. The maximum atomic E-state index is 9.13. The summed E-state index contributed by atoms with van der Waals surface area (Å²) in [5.74, 6) is 0.848. The summed E-state index contributed by atoms with van der Waals surface area (Å²) < 4.78 is 6.96. The van der Waals surface area contributed by atoms with E-state index in [1.165, 1.54) is 11.3 Å². The first kappa shape index (κ1) is 16.6. The Kier molecular flexibility index (Phi) is 4.55. The summed E-state index contributed by atoms with van der Waals surface area (Å²) in [5.41, 5.74) is 3.92. The van der Waals surface area contributed by atoms with E-state index >= 15 is 0 Å². The summed E-state index contributed by atoms with van der Waals surface area (Å²) in [6.07, 6.45) is 1.92. The highest BCUT2D eigenvalue weighted by atomic mass is 32.1. The van der Waals surface area contributed by atoms with Gasteiger partial charge in [-0.2, -0.15) is 0 Å². The first-order valence-electron chi connectivity index (χ1n) is 8.18. The lowest BCUT2D eigenvalue weighted by Crippen LogP contribution is -1.99. The molecule has 0 unspecified atom stereocenters. The fourth-order valence-electron chi connectivity index (χ4n) is 2.61. The molecule has 4 rings (SSSR count). The van der Waals surface area contributed by atoms with E-state index in [0.29, 0.717) is 6.54 Å². The number of anilines is 1. The van der Waals surface area contributed by atoms with Crippen molar-refractivity contribution in [1.29, 1.82) is 0 Å². The van der Waals surface area contributed by atoms with Gasteiger partial charge in [0.2, 0.25) is 10.1 Å². The third-order valence-corrected chi connectivity index (χ3v) is 4.96. The number of methoxy groups -OCH3 is 1. The zero-order chi connectivity index (χ0) is 17.9. The molecule has 6 nitrogen and oxygen atoms in total. The minimum atomic E-state index is 0.0450. The average Bonchev–Trinajstić information content (AvgIpc) is 3.25. The molecule has 0 aliphatic heterocycles. The third kappa shape index (κ3) is 3.40. The van der Waals surface area contributed by atoms with Crippen LogP contribution in [0.2, 0.25) is 0 Å². The maximum absolute atomic E-state index is 9.13. The second kappa shape index (κ2) is 7.15. The van der Waals surface area contributed by atoms with Gasteiger partial charge in [0.1, 0.15) is 5.75 Å². The number of aromatic nitrogens is 3. The van der Waals surface area contributed by atoms with Crippen LogP contribution in [-0.4, -0.2) is 26.8 Å². The Balaban J connectivity index is 1.46. The van der Waals surface area contributed by atoms with Crippen molar-refractivity contribution in [3.63, 3.8) is 0 Å². The largest absolute Gasteiger partial charge is 0.497 e. The SMILES string of the molecule is COc1ccc(CNc2nn3cc(-c4ccc(CO)cc4)nc3s2)cc1. The smallest absolute Gasteiger partial charge is 0.214 e. The van der Waals surface area contributed by atoms with Crippen molar-refractivity contribution in [1.82, 2.24) is 14.6 Å². The second-order valence-corrected chi connectivity index (χ2v) is 6.77. The van der Waals surface area contributed by atoms with Crippen molar-refractivity contribution in [2.45, 2.75) is 13.2 Å². The molecule has 0 saturated heterocycles. The summed E-state index contributed by atoms with van der Waals surface area (Å²) in [7, 11) is 1.66. The maximum Gasteiger partial charge on any atom is 0.214 e. The molecule has 2 aromatic carbocycles. The van der Waals surface area contributed by atoms with Gasteiger partial charge in [0, 0.05) is 12.1 Å². The third-order valence-electron chi connectivity index (χ3n) is 4.08. The fraction of sp³-hybridized carbons (Fsp3) is 0.158. The van der Waals surface area contributed by atoms with Gasteiger partial charge in [0.15, 0.2) is 0 Å². The lowest BCUT2D eigenvalue weighted by Gasteiger charge is -2.04. The van der Waals surface area contributed by atoms with Gasteiger partial charge in [-0.25, -0.2) is 9.50 Å². The summed E-state index contributed by atoms with van der Waals surface area (Å²) >= 11 is 1.51. The van der Waals surface area contributed by atoms with Crippen molar-refractivity contribution in [3.8, 4) is 17.0 Å². The Labute approximate surface area is 154 Å². The van der Waals surface area contributed by atoms with Crippen LogP contribution >= 0.6 is 11.3 Å². The topological polar surface area (TPSA) is 71.7 Å². The highest BCUT2D eigenvalue weighted by Crippen LogP contribution is 2.25. The van der Waals surface area contributed by atoms with Crippen LogP contribution in [0.15, 0.2) is 54.7 Å². The van der Waals surface area contributed by atoms with Crippen molar-refractivity contribution in [2.75, 3.05) is 12.4 Å². The molecule has 0 amide bonds. The Morgan fingerprint density at radius 1 is 1.08 bits per heavy atom. The molecular weight excluding hydrogens is 348 g/mol. The second-order valence-electron chi connectivity index (χ2n) is 5.82. The van der Waals surface area contributed by atoms with Crippen molar-refractivity contribution >= 4 is 21.4 Å². The Bertz CT molecular complexity index is 975. The van der Waals surface area contributed by atoms with Gasteiger partial charge in [-0.05, 0) is 23.3 Å². The van der Waals surface area contributed by atoms with Crippen LogP contribution in [0.1, 0.15) is 11.1 Å². The van der Waals surface area contributed by atoms with E-state index in [2.05, 4.69) is 15.4 Å². The summed E-state index contributed by atoms with van der Waals surface area (Å²) in [4.78, 5) is 5.47. The fourth-order valence-corrected chi connectivity index (χ4v) is 3.39. The van der Waals surface area contributed by atoms with E-state index in [1.807, 2.05) is 54.7 Å². The number of nitrogens with zero attached hydrogens (tertiary/aromatic N) is 3. The normalized spacial score (nSPS) is 11.0. The van der Waals surface area contributed by atoms with E-state index in [-0.39, 0.29) is 6.61 Å². The average molecular weight is 366 g/mol. The predicted octanol–water partition coefficient (Wildman–Crippen LogP) is 3.57. The van der Waals surface area contributed by atoms with E-state index < -0.39 is 0 Å². The molecule has 2 aromatic heterocycles. The highest BCUT2D eigenvalue weighted by Gasteiger charge is 2.09. The molecule has 2 N–H and O–H groups in total. The summed E-state index contributed by atoms with van der Waals surface area (Å²) in [6, 6.07) is 15.7. The quantitative estimate of drug-likeness (QED) is 0.546. The number of imidazole rings is 1. The zero-order valence-corrected chi connectivity index (χ0v) is 15.0. The van der Waals surface area contributed by atoms with E-state index in [9.17, 15) is 0 Å². The van der Waals surface area contributed by atoms with Crippen LogP contribution < -0.4 is 10.1 Å². The number of hydrogen-bond donors (Lipinski definition) is 2. The predicted molar refractivity (Wildman–Crippen MR) is 103 cm³/mol. The number of benzene rings is 2. The zero-order valence-electron chi connectivity index (χ0n) is 14.2. The Morgan fingerprint density at radius 3 is 2.46 bits per heavy atom. The number of ether oxygens (including phenoxy) is 1. The number of aliphatic hydroxyl groups excluding tert-OH is 1. The van der Waals surface area contributed by atoms with E-state index in [1.54, 1.807) is 11.6 Å². The minimum Gasteiger partial charge on any atom is -0.497 e. The van der Waals surface area contributed by atoms with Crippen LogP contribution in [0.25, 0.3) is 16.2 Å². The first-order chi connectivity index (χ1) is 12.7. The number of fused-ring (bicyclic) bond motifs is 1. The van der Waals surface area contributed by atoms with Crippen LogP contribution in [0.4, 0.5) is 5.13 Å². The molecule has 2 heterocycles. The molecule has 4 aromatic rings. The standard InChI is InChI=1S/C19H18N4O2S/c1-25-16-8-4-13(5-9-16)10-20-18-22-23-11-17(21-19(23)26-18)15-6-2-14(12-24)3-7-15/h2-9,11,24H,10,12H2,1H3,(H,20,22). The molecule has 0 atom stereocenters. The Hall–Kier alpha value is -2.90. The highest BCUT2D eigenvalue weighted by molar-refractivity contribution is 7.20. The van der Waals surface area contributed by atoms with Gasteiger partial charge in [0.25, 0.3) is 0 Å². The molecule has 132 valence electrons. The lowest BCUT2D eigenvalue weighted by atomic mass is 10.1. The Morgan fingerprint density at radius 2 is 1.81 bits per heavy atom. The number of rotatable bonds is 6. The van der Waals surface area contributed by atoms with Crippen molar-refractivity contribution in [3.05, 3.63) is 65.9 Å². The molecule has 0 aliphatic rings. The van der Waals surface area contributed by atoms with Crippen LogP contribution in [0.3, 0.4) is 0 Å². The molecule has 0 saturated carbocycles.